The van der Waals surface area contributed by atoms with Crippen LogP contribution in [0.4, 0.5) is 5.69 Å². The number of hydrogen-bond donors (Lipinski definition) is 1. The van der Waals surface area contributed by atoms with Gasteiger partial charge in [0, 0.05) is 24.9 Å². The summed E-state index contributed by atoms with van der Waals surface area (Å²) in [7, 11) is 1.59. The second kappa shape index (κ2) is 6.38. The highest BCUT2D eigenvalue weighted by Crippen LogP contribution is 2.33. The Hall–Kier alpha value is -2.04. The summed E-state index contributed by atoms with van der Waals surface area (Å²) in [4.78, 5) is 26.3. The van der Waals surface area contributed by atoms with E-state index in [1.807, 2.05) is 29.2 Å². The van der Waals surface area contributed by atoms with Crippen molar-refractivity contribution in [2.75, 3.05) is 25.5 Å². The fourth-order valence-corrected chi connectivity index (χ4v) is 2.93. The van der Waals surface area contributed by atoms with Gasteiger partial charge in [-0.2, -0.15) is 0 Å². The number of likely N-dealkylation sites (tertiary alicyclic amines) is 1. The fraction of sp³-hybridized carbons (Fsp3) is 0.529. The van der Waals surface area contributed by atoms with Crippen molar-refractivity contribution in [3.8, 4) is 5.75 Å². The number of carbonyl (C=O) groups is 2. The Balaban J connectivity index is 1.54. The van der Waals surface area contributed by atoms with Crippen molar-refractivity contribution in [2.45, 2.75) is 25.7 Å². The number of anilines is 1. The number of amides is 2. The van der Waals surface area contributed by atoms with E-state index in [9.17, 15) is 9.59 Å². The number of nitrogens with one attached hydrogen (secondary N) is 1. The van der Waals surface area contributed by atoms with Crippen molar-refractivity contribution >= 4 is 17.5 Å². The minimum Gasteiger partial charge on any atom is -0.495 e. The Morgan fingerprint density at radius 2 is 1.77 bits per heavy atom. The number of nitrogens with zero attached hydrogens (tertiary/aromatic N) is 1. The van der Waals surface area contributed by atoms with Crippen LogP contribution in [0.25, 0.3) is 0 Å². The van der Waals surface area contributed by atoms with Crippen LogP contribution in [-0.2, 0) is 9.59 Å². The summed E-state index contributed by atoms with van der Waals surface area (Å²) in [5.74, 6) is 1.19. The number of hydrogen-bond acceptors (Lipinski definition) is 3. The van der Waals surface area contributed by atoms with Crippen LogP contribution in [0.3, 0.4) is 0 Å². The Kier molecular flexibility index (Phi) is 4.32. The Morgan fingerprint density at radius 1 is 1.09 bits per heavy atom. The normalized spacial score (nSPS) is 18.9. The fourth-order valence-electron chi connectivity index (χ4n) is 2.93. The molecule has 1 aliphatic carbocycles. The summed E-state index contributed by atoms with van der Waals surface area (Å²) in [6.07, 6.45) is 3.54. The van der Waals surface area contributed by atoms with E-state index in [-0.39, 0.29) is 23.7 Å². The van der Waals surface area contributed by atoms with Crippen molar-refractivity contribution in [1.29, 1.82) is 0 Å². The van der Waals surface area contributed by atoms with Crippen LogP contribution in [0, 0.1) is 11.8 Å². The molecule has 0 atom stereocenters. The summed E-state index contributed by atoms with van der Waals surface area (Å²) in [5.41, 5.74) is 0.700. The van der Waals surface area contributed by atoms with Gasteiger partial charge >= 0.3 is 0 Å². The van der Waals surface area contributed by atoms with Crippen molar-refractivity contribution in [3.05, 3.63) is 24.3 Å². The van der Waals surface area contributed by atoms with Gasteiger partial charge in [0.25, 0.3) is 0 Å². The molecular formula is C17H22N2O3. The third-order valence-corrected chi connectivity index (χ3v) is 4.47. The van der Waals surface area contributed by atoms with Crippen LogP contribution >= 0.6 is 0 Å². The van der Waals surface area contributed by atoms with Gasteiger partial charge in [-0.1, -0.05) is 12.1 Å². The maximum atomic E-state index is 12.4. The molecule has 2 aliphatic rings. The number of rotatable bonds is 4. The molecule has 1 heterocycles. The average Bonchev–Trinajstić information content (AvgIpc) is 3.40. The highest BCUT2D eigenvalue weighted by atomic mass is 16.5. The molecule has 0 spiro atoms. The van der Waals surface area contributed by atoms with Crippen molar-refractivity contribution in [3.63, 3.8) is 0 Å². The first-order valence-electron chi connectivity index (χ1n) is 7.91. The molecule has 2 fully saturated rings. The molecule has 22 heavy (non-hydrogen) atoms. The number of benzene rings is 1. The lowest BCUT2D eigenvalue weighted by atomic mass is 9.95. The van der Waals surface area contributed by atoms with E-state index in [2.05, 4.69) is 5.32 Å². The summed E-state index contributed by atoms with van der Waals surface area (Å²) in [6.45, 7) is 1.39. The van der Waals surface area contributed by atoms with E-state index < -0.39 is 0 Å². The van der Waals surface area contributed by atoms with Gasteiger partial charge in [0.1, 0.15) is 5.75 Å². The van der Waals surface area contributed by atoms with Crippen LogP contribution in [0.5, 0.6) is 5.75 Å². The molecule has 118 valence electrons. The molecule has 2 amide bonds. The second-order valence-corrected chi connectivity index (χ2v) is 6.06. The SMILES string of the molecule is COc1ccccc1NC(=O)C1CCN(C(=O)C2CC2)CC1. The first-order chi connectivity index (χ1) is 10.7. The number of methoxy groups -OCH3 is 1. The zero-order valence-corrected chi connectivity index (χ0v) is 12.9. The summed E-state index contributed by atoms with van der Waals surface area (Å²) >= 11 is 0. The van der Waals surface area contributed by atoms with Gasteiger partial charge in [-0.25, -0.2) is 0 Å². The predicted octanol–water partition coefficient (Wildman–Crippen LogP) is 2.28. The molecule has 3 rings (SSSR count). The first kappa shape index (κ1) is 14.9. The van der Waals surface area contributed by atoms with Gasteiger partial charge in [-0.15, -0.1) is 0 Å². The summed E-state index contributed by atoms with van der Waals surface area (Å²) in [5, 5.41) is 2.94. The van der Waals surface area contributed by atoms with E-state index in [4.69, 9.17) is 4.74 Å². The van der Waals surface area contributed by atoms with Crippen molar-refractivity contribution < 1.29 is 14.3 Å². The minimum absolute atomic E-state index is 0.0167. The number of carbonyl (C=O) groups excluding carboxylic acids is 2. The van der Waals surface area contributed by atoms with E-state index in [0.29, 0.717) is 24.5 Å². The third kappa shape index (κ3) is 3.24. The molecule has 1 saturated heterocycles. The van der Waals surface area contributed by atoms with Crippen LogP contribution in [0.15, 0.2) is 24.3 Å². The van der Waals surface area contributed by atoms with Crippen molar-refractivity contribution in [1.82, 2.24) is 4.90 Å². The van der Waals surface area contributed by atoms with Gasteiger partial charge in [0.05, 0.1) is 12.8 Å². The molecule has 5 heteroatoms. The lowest BCUT2D eigenvalue weighted by Gasteiger charge is -2.31. The molecule has 0 bridgehead atoms. The zero-order valence-electron chi connectivity index (χ0n) is 12.9. The minimum atomic E-state index is -0.0341. The average molecular weight is 302 g/mol. The smallest absolute Gasteiger partial charge is 0.227 e. The van der Waals surface area contributed by atoms with Gasteiger partial charge in [-0.3, -0.25) is 9.59 Å². The van der Waals surface area contributed by atoms with Gasteiger partial charge in [-0.05, 0) is 37.8 Å². The number of ether oxygens (including phenoxy) is 1. The quantitative estimate of drug-likeness (QED) is 0.928. The van der Waals surface area contributed by atoms with Crippen LogP contribution in [-0.4, -0.2) is 36.9 Å². The lowest BCUT2D eigenvalue weighted by Crippen LogP contribution is -2.42. The molecule has 1 aromatic carbocycles. The van der Waals surface area contributed by atoms with Crippen LogP contribution in [0.1, 0.15) is 25.7 Å². The highest BCUT2D eigenvalue weighted by Gasteiger charge is 2.36. The Bertz CT molecular complexity index is 561. The Morgan fingerprint density at radius 3 is 2.41 bits per heavy atom. The molecule has 0 unspecified atom stereocenters. The second-order valence-electron chi connectivity index (χ2n) is 6.06. The summed E-state index contributed by atoms with van der Waals surface area (Å²) < 4.78 is 5.25. The first-order valence-corrected chi connectivity index (χ1v) is 7.91. The van der Waals surface area contributed by atoms with Crippen LogP contribution < -0.4 is 10.1 Å². The summed E-state index contributed by atoms with van der Waals surface area (Å²) in [6, 6.07) is 7.40. The standard InChI is InChI=1S/C17H22N2O3/c1-22-15-5-3-2-4-14(15)18-16(20)12-8-10-19(11-9-12)17(21)13-6-7-13/h2-5,12-13H,6-11H2,1H3,(H,18,20). The zero-order chi connectivity index (χ0) is 15.5. The molecule has 1 aliphatic heterocycles. The Labute approximate surface area is 130 Å². The van der Waals surface area contributed by atoms with Crippen LogP contribution in [0.2, 0.25) is 0 Å². The largest absolute Gasteiger partial charge is 0.495 e. The van der Waals surface area contributed by atoms with E-state index in [1.165, 1.54) is 0 Å². The number of para-hydroxylation sites is 2. The van der Waals surface area contributed by atoms with Gasteiger partial charge in [0.15, 0.2) is 0 Å². The van der Waals surface area contributed by atoms with E-state index in [1.54, 1.807) is 7.11 Å². The molecule has 5 nitrogen and oxygen atoms in total. The van der Waals surface area contributed by atoms with Crippen molar-refractivity contribution in [2.24, 2.45) is 11.8 Å². The molecular weight excluding hydrogens is 280 g/mol. The molecule has 1 N–H and O–H groups in total. The third-order valence-electron chi connectivity index (χ3n) is 4.47. The molecule has 1 saturated carbocycles. The number of piperidine rings is 1. The topological polar surface area (TPSA) is 58.6 Å². The predicted molar refractivity (Wildman–Crippen MR) is 83.7 cm³/mol. The maximum absolute atomic E-state index is 12.4. The highest BCUT2D eigenvalue weighted by molar-refractivity contribution is 5.94. The maximum Gasteiger partial charge on any atom is 0.227 e. The van der Waals surface area contributed by atoms with Gasteiger partial charge in [0.2, 0.25) is 11.8 Å². The molecule has 0 aromatic heterocycles. The van der Waals surface area contributed by atoms with E-state index >= 15 is 0 Å². The monoisotopic (exact) mass is 302 g/mol. The van der Waals surface area contributed by atoms with Gasteiger partial charge < -0.3 is 15.0 Å². The lowest BCUT2D eigenvalue weighted by molar-refractivity contribution is -0.135. The molecule has 1 aromatic rings. The van der Waals surface area contributed by atoms with E-state index in [0.717, 1.165) is 25.7 Å². The molecule has 0 radical (unpaired) electrons.